The molecule has 1 aromatic heterocycles. The molecule has 0 radical (unpaired) electrons. The lowest BCUT2D eigenvalue weighted by atomic mass is 10.2. The van der Waals surface area contributed by atoms with Gasteiger partial charge >= 0.3 is 0 Å². The minimum absolute atomic E-state index is 0.0253. The third-order valence-electron chi connectivity index (χ3n) is 4.19. The second kappa shape index (κ2) is 7.74. The summed E-state index contributed by atoms with van der Waals surface area (Å²) >= 11 is 1.42. The van der Waals surface area contributed by atoms with Crippen LogP contribution in [0.1, 0.15) is 18.3 Å². The summed E-state index contributed by atoms with van der Waals surface area (Å²) in [7, 11) is 1.80. The molecule has 0 saturated heterocycles. The Balaban J connectivity index is 1.81. The van der Waals surface area contributed by atoms with Crippen molar-refractivity contribution in [1.82, 2.24) is 14.8 Å². The van der Waals surface area contributed by atoms with Gasteiger partial charge in [0, 0.05) is 18.4 Å². The van der Waals surface area contributed by atoms with Crippen LogP contribution in [0.25, 0.3) is 5.69 Å². The normalized spacial score (nSPS) is 12.0. The zero-order chi connectivity index (χ0) is 18.7. The minimum Gasteiger partial charge on any atom is -0.315 e. The van der Waals surface area contributed by atoms with Crippen LogP contribution in [0.3, 0.4) is 0 Å². The van der Waals surface area contributed by atoms with Gasteiger partial charge in [0.05, 0.1) is 5.25 Å². The SMILES string of the molecule is Cc1ccc(-n2c(C)nnc2SC(C)C(=O)N(C)c2ccccc2)cc1. The summed E-state index contributed by atoms with van der Waals surface area (Å²) < 4.78 is 1.98. The number of hydrogen-bond acceptors (Lipinski definition) is 4. The van der Waals surface area contributed by atoms with E-state index in [-0.39, 0.29) is 11.2 Å². The van der Waals surface area contributed by atoms with Gasteiger partial charge in [-0.15, -0.1) is 10.2 Å². The molecule has 3 aromatic rings. The number of aromatic nitrogens is 3. The Morgan fingerprint density at radius 2 is 1.69 bits per heavy atom. The average Bonchev–Trinajstić information content (AvgIpc) is 3.02. The quantitative estimate of drug-likeness (QED) is 0.640. The number of nitrogens with zero attached hydrogens (tertiary/aromatic N) is 4. The fourth-order valence-electron chi connectivity index (χ4n) is 2.67. The molecule has 0 saturated carbocycles. The zero-order valence-corrected chi connectivity index (χ0v) is 16.2. The second-order valence-corrected chi connectivity index (χ2v) is 7.50. The van der Waals surface area contributed by atoms with Crippen molar-refractivity contribution < 1.29 is 4.79 Å². The Morgan fingerprint density at radius 3 is 2.35 bits per heavy atom. The van der Waals surface area contributed by atoms with E-state index in [1.807, 2.05) is 60.9 Å². The van der Waals surface area contributed by atoms with Gasteiger partial charge in [-0.25, -0.2) is 0 Å². The van der Waals surface area contributed by atoms with Crippen molar-refractivity contribution >= 4 is 23.4 Å². The first kappa shape index (κ1) is 18.2. The molecule has 0 aliphatic rings. The van der Waals surface area contributed by atoms with E-state index in [1.165, 1.54) is 17.3 Å². The molecule has 5 nitrogen and oxygen atoms in total. The average molecular weight is 366 g/mol. The molecule has 0 fully saturated rings. The minimum atomic E-state index is -0.284. The summed E-state index contributed by atoms with van der Waals surface area (Å²) in [5.74, 6) is 0.824. The highest BCUT2D eigenvalue weighted by Crippen LogP contribution is 2.27. The lowest BCUT2D eigenvalue weighted by Crippen LogP contribution is -2.33. The largest absolute Gasteiger partial charge is 0.315 e. The van der Waals surface area contributed by atoms with Gasteiger partial charge in [0.15, 0.2) is 5.16 Å². The number of carbonyl (C=O) groups excluding carboxylic acids is 1. The number of carbonyl (C=O) groups is 1. The van der Waals surface area contributed by atoms with Crippen molar-refractivity contribution in [2.45, 2.75) is 31.2 Å². The highest BCUT2D eigenvalue weighted by Gasteiger charge is 2.23. The van der Waals surface area contributed by atoms with Gasteiger partial charge < -0.3 is 4.90 Å². The van der Waals surface area contributed by atoms with Crippen LogP contribution in [0.15, 0.2) is 59.8 Å². The molecule has 1 atom stereocenters. The van der Waals surface area contributed by atoms with Crippen molar-refractivity contribution in [3.63, 3.8) is 0 Å². The fourth-order valence-corrected chi connectivity index (χ4v) is 3.68. The Morgan fingerprint density at radius 1 is 1.04 bits per heavy atom. The third kappa shape index (κ3) is 3.80. The van der Waals surface area contributed by atoms with E-state index in [2.05, 4.69) is 29.3 Å². The molecule has 0 bridgehead atoms. The smallest absolute Gasteiger partial charge is 0.240 e. The van der Waals surface area contributed by atoms with Crippen LogP contribution in [-0.4, -0.2) is 33.0 Å². The van der Waals surface area contributed by atoms with Crippen molar-refractivity contribution in [2.75, 3.05) is 11.9 Å². The van der Waals surface area contributed by atoms with Gasteiger partial charge in [0.25, 0.3) is 0 Å². The van der Waals surface area contributed by atoms with Crippen LogP contribution in [0.4, 0.5) is 5.69 Å². The first-order valence-corrected chi connectivity index (χ1v) is 9.33. The predicted octanol–water partition coefficient (Wildman–Crippen LogP) is 4.03. The Bertz CT molecular complexity index is 890. The van der Waals surface area contributed by atoms with E-state index >= 15 is 0 Å². The van der Waals surface area contributed by atoms with E-state index in [9.17, 15) is 4.79 Å². The van der Waals surface area contributed by atoms with Gasteiger partial charge in [-0.1, -0.05) is 47.7 Å². The summed E-state index contributed by atoms with van der Waals surface area (Å²) in [4.78, 5) is 14.5. The lowest BCUT2D eigenvalue weighted by Gasteiger charge is -2.21. The molecular weight excluding hydrogens is 344 g/mol. The molecule has 6 heteroatoms. The number of hydrogen-bond donors (Lipinski definition) is 0. The summed E-state index contributed by atoms with van der Waals surface area (Å²) in [5.41, 5.74) is 3.07. The highest BCUT2D eigenvalue weighted by molar-refractivity contribution is 8.00. The standard InChI is InChI=1S/C20H22N4OS/c1-14-10-12-18(13-11-14)24-16(3)21-22-20(24)26-15(2)19(25)23(4)17-8-6-5-7-9-17/h5-13,15H,1-4H3. The van der Waals surface area contributed by atoms with Crippen molar-refractivity contribution in [1.29, 1.82) is 0 Å². The first-order valence-electron chi connectivity index (χ1n) is 8.45. The van der Waals surface area contributed by atoms with Crippen LogP contribution >= 0.6 is 11.8 Å². The maximum absolute atomic E-state index is 12.8. The van der Waals surface area contributed by atoms with Gasteiger partial charge in [0.2, 0.25) is 5.91 Å². The molecule has 1 heterocycles. The Kier molecular flexibility index (Phi) is 5.42. The van der Waals surface area contributed by atoms with Crippen LogP contribution in [0.5, 0.6) is 0 Å². The van der Waals surface area contributed by atoms with Gasteiger partial charge in [-0.3, -0.25) is 9.36 Å². The molecule has 134 valence electrons. The lowest BCUT2D eigenvalue weighted by molar-refractivity contribution is -0.117. The molecule has 0 N–H and O–H groups in total. The molecule has 26 heavy (non-hydrogen) atoms. The molecule has 1 amide bonds. The van der Waals surface area contributed by atoms with E-state index < -0.39 is 0 Å². The number of aryl methyl sites for hydroxylation is 2. The number of para-hydroxylation sites is 1. The monoisotopic (exact) mass is 366 g/mol. The van der Waals surface area contributed by atoms with Gasteiger partial charge in [-0.2, -0.15) is 0 Å². The zero-order valence-electron chi connectivity index (χ0n) is 15.4. The number of anilines is 1. The maximum Gasteiger partial charge on any atom is 0.240 e. The van der Waals surface area contributed by atoms with Crippen LogP contribution in [-0.2, 0) is 4.79 Å². The van der Waals surface area contributed by atoms with Crippen LogP contribution < -0.4 is 4.90 Å². The van der Waals surface area contributed by atoms with E-state index in [0.29, 0.717) is 5.16 Å². The maximum atomic E-state index is 12.8. The second-order valence-electron chi connectivity index (χ2n) is 6.19. The van der Waals surface area contributed by atoms with E-state index in [1.54, 1.807) is 11.9 Å². The number of benzene rings is 2. The first-order chi connectivity index (χ1) is 12.5. The van der Waals surface area contributed by atoms with E-state index in [4.69, 9.17) is 0 Å². The predicted molar refractivity (Wildman–Crippen MR) is 106 cm³/mol. The molecule has 0 aliphatic heterocycles. The van der Waals surface area contributed by atoms with Crippen LogP contribution in [0.2, 0.25) is 0 Å². The van der Waals surface area contributed by atoms with Crippen molar-refractivity contribution in [3.05, 3.63) is 66.0 Å². The Hall–Kier alpha value is -2.60. The van der Waals surface area contributed by atoms with Gasteiger partial charge in [-0.05, 0) is 45.0 Å². The van der Waals surface area contributed by atoms with Crippen molar-refractivity contribution in [2.24, 2.45) is 0 Å². The third-order valence-corrected chi connectivity index (χ3v) is 5.22. The highest BCUT2D eigenvalue weighted by atomic mass is 32.2. The molecule has 3 rings (SSSR count). The molecule has 2 aromatic carbocycles. The number of rotatable bonds is 5. The summed E-state index contributed by atoms with van der Waals surface area (Å²) in [5, 5.41) is 8.90. The number of thioether (sulfide) groups is 1. The molecule has 0 spiro atoms. The fraction of sp³-hybridized carbons (Fsp3) is 0.250. The molecule has 0 aliphatic carbocycles. The molecule has 1 unspecified atom stereocenters. The van der Waals surface area contributed by atoms with Crippen molar-refractivity contribution in [3.8, 4) is 5.69 Å². The summed E-state index contributed by atoms with van der Waals surface area (Å²) in [6.45, 7) is 5.87. The Labute approximate surface area is 158 Å². The number of amides is 1. The summed E-state index contributed by atoms with van der Waals surface area (Å²) in [6, 6.07) is 17.8. The van der Waals surface area contributed by atoms with E-state index in [0.717, 1.165) is 17.2 Å². The summed E-state index contributed by atoms with van der Waals surface area (Å²) in [6.07, 6.45) is 0. The molecular formula is C20H22N4OS. The van der Waals surface area contributed by atoms with Crippen LogP contribution in [0, 0.1) is 13.8 Å². The van der Waals surface area contributed by atoms with Gasteiger partial charge in [0.1, 0.15) is 5.82 Å². The topological polar surface area (TPSA) is 51.0 Å².